The van der Waals surface area contributed by atoms with E-state index >= 15 is 0 Å². The first-order valence-corrected chi connectivity index (χ1v) is 5.78. The smallest absolute Gasteiger partial charge is 0.156 e. The number of anilines is 2. The molecule has 0 bridgehead atoms. The van der Waals surface area contributed by atoms with Crippen LogP contribution >= 0.6 is 11.6 Å². The first-order valence-electron chi connectivity index (χ1n) is 5.40. The van der Waals surface area contributed by atoms with Gasteiger partial charge in [-0.3, -0.25) is 4.79 Å². The van der Waals surface area contributed by atoms with Crippen molar-refractivity contribution < 1.29 is 4.79 Å². The molecule has 1 aromatic heterocycles. The lowest BCUT2D eigenvalue weighted by Crippen LogP contribution is -2.15. The summed E-state index contributed by atoms with van der Waals surface area (Å²) in [6.07, 6.45) is 2.02. The summed E-state index contributed by atoms with van der Waals surface area (Å²) < 4.78 is 0. The van der Waals surface area contributed by atoms with Crippen LogP contribution in [0.5, 0.6) is 0 Å². The lowest BCUT2D eigenvalue weighted by Gasteiger charge is -2.21. The molecule has 0 aliphatic rings. The number of carbonyl (C=O) groups excluding carboxylic acids is 1. The van der Waals surface area contributed by atoms with Crippen molar-refractivity contribution >= 4 is 29.4 Å². The van der Waals surface area contributed by atoms with Crippen LogP contribution in [-0.4, -0.2) is 23.3 Å². The SMILES string of the molecule is Cc1ccccc1N(C)c1ncnc(Cl)c1C=O. The molecule has 18 heavy (non-hydrogen) atoms. The van der Waals surface area contributed by atoms with Gasteiger partial charge in [-0.25, -0.2) is 9.97 Å². The molecule has 0 saturated carbocycles. The highest BCUT2D eigenvalue weighted by molar-refractivity contribution is 6.32. The highest BCUT2D eigenvalue weighted by Gasteiger charge is 2.15. The second-order valence-corrected chi connectivity index (χ2v) is 4.22. The number of hydrogen-bond donors (Lipinski definition) is 0. The zero-order chi connectivity index (χ0) is 13.1. The van der Waals surface area contributed by atoms with E-state index in [4.69, 9.17) is 11.6 Å². The van der Waals surface area contributed by atoms with Crippen LogP contribution in [0.15, 0.2) is 30.6 Å². The van der Waals surface area contributed by atoms with Crippen molar-refractivity contribution in [3.63, 3.8) is 0 Å². The standard InChI is InChI=1S/C13H12ClN3O/c1-9-5-3-4-6-11(9)17(2)13-10(7-18)12(14)15-8-16-13/h3-8H,1-2H3. The van der Waals surface area contributed by atoms with Gasteiger partial charge in [-0.15, -0.1) is 0 Å². The van der Waals surface area contributed by atoms with Gasteiger partial charge in [0.25, 0.3) is 0 Å². The topological polar surface area (TPSA) is 46.1 Å². The molecule has 0 radical (unpaired) electrons. The van der Waals surface area contributed by atoms with E-state index in [2.05, 4.69) is 9.97 Å². The van der Waals surface area contributed by atoms with E-state index in [1.54, 1.807) is 0 Å². The molecular formula is C13H12ClN3O. The molecule has 0 amide bonds. The Bertz CT molecular complexity index is 586. The van der Waals surface area contributed by atoms with Crippen LogP contribution in [0.3, 0.4) is 0 Å². The lowest BCUT2D eigenvalue weighted by molar-refractivity contribution is 0.112. The predicted octanol–water partition coefficient (Wildman–Crippen LogP) is 3.02. The molecule has 2 rings (SSSR count). The van der Waals surface area contributed by atoms with E-state index in [1.165, 1.54) is 6.33 Å². The van der Waals surface area contributed by atoms with Crippen LogP contribution in [0, 0.1) is 6.92 Å². The second-order valence-electron chi connectivity index (χ2n) is 3.87. The highest BCUT2D eigenvalue weighted by Crippen LogP contribution is 2.28. The van der Waals surface area contributed by atoms with Crippen LogP contribution in [0.25, 0.3) is 0 Å². The molecule has 1 heterocycles. The monoisotopic (exact) mass is 261 g/mol. The molecule has 0 spiro atoms. The van der Waals surface area contributed by atoms with Crippen LogP contribution in [0.1, 0.15) is 15.9 Å². The van der Waals surface area contributed by atoms with E-state index in [-0.39, 0.29) is 5.15 Å². The quantitative estimate of drug-likeness (QED) is 0.629. The maximum atomic E-state index is 11.1. The van der Waals surface area contributed by atoms with Gasteiger partial charge in [0.05, 0.1) is 5.56 Å². The summed E-state index contributed by atoms with van der Waals surface area (Å²) in [7, 11) is 1.84. The van der Waals surface area contributed by atoms with Crippen molar-refractivity contribution in [1.29, 1.82) is 0 Å². The molecule has 0 aliphatic heterocycles. The molecule has 92 valence electrons. The van der Waals surface area contributed by atoms with E-state index in [9.17, 15) is 4.79 Å². The molecular weight excluding hydrogens is 250 g/mol. The zero-order valence-electron chi connectivity index (χ0n) is 10.1. The fourth-order valence-corrected chi connectivity index (χ4v) is 1.96. The average molecular weight is 262 g/mol. The Kier molecular flexibility index (Phi) is 3.58. The van der Waals surface area contributed by atoms with Gasteiger partial charge in [-0.1, -0.05) is 29.8 Å². The first-order chi connectivity index (χ1) is 8.65. The maximum absolute atomic E-state index is 11.1. The summed E-state index contributed by atoms with van der Waals surface area (Å²) in [5.41, 5.74) is 2.35. The summed E-state index contributed by atoms with van der Waals surface area (Å²) in [4.78, 5) is 20.8. The van der Waals surface area contributed by atoms with E-state index in [1.807, 2.05) is 43.1 Å². The Balaban J connectivity index is 2.53. The van der Waals surface area contributed by atoms with Crippen molar-refractivity contribution in [1.82, 2.24) is 9.97 Å². The highest BCUT2D eigenvalue weighted by atomic mass is 35.5. The molecule has 4 nitrogen and oxygen atoms in total. The number of aromatic nitrogens is 2. The molecule has 1 aromatic carbocycles. The lowest BCUT2D eigenvalue weighted by atomic mass is 10.2. The number of nitrogens with zero attached hydrogens (tertiary/aromatic N) is 3. The number of benzene rings is 1. The zero-order valence-corrected chi connectivity index (χ0v) is 10.8. The summed E-state index contributed by atoms with van der Waals surface area (Å²) in [5.74, 6) is 0.499. The number of hydrogen-bond acceptors (Lipinski definition) is 4. The van der Waals surface area contributed by atoms with Crippen LogP contribution in [0.4, 0.5) is 11.5 Å². The predicted molar refractivity (Wildman–Crippen MR) is 71.7 cm³/mol. The Morgan fingerprint density at radius 3 is 2.67 bits per heavy atom. The van der Waals surface area contributed by atoms with Crippen molar-refractivity contribution in [2.45, 2.75) is 6.92 Å². The summed E-state index contributed by atoms with van der Waals surface area (Å²) in [5, 5.41) is 0.162. The molecule has 0 atom stereocenters. The van der Waals surface area contributed by atoms with Gasteiger partial charge in [-0.2, -0.15) is 0 Å². The molecule has 0 unspecified atom stereocenters. The van der Waals surface area contributed by atoms with Gasteiger partial charge in [0.1, 0.15) is 17.3 Å². The fraction of sp³-hybridized carbons (Fsp3) is 0.154. The van der Waals surface area contributed by atoms with Crippen molar-refractivity contribution in [2.75, 3.05) is 11.9 Å². The average Bonchev–Trinajstić information content (AvgIpc) is 2.38. The Morgan fingerprint density at radius 1 is 1.28 bits per heavy atom. The Hall–Kier alpha value is -1.94. The van der Waals surface area contributed by atoms with E-state index < -0.39 is 0 Å². The normalized spacial score (nSPS) is 10.2. The number of carbonyl (C=O) groups is 1. The minimum Gasteiger partial charge on any atom is -0.328 e. The number of rotatable bonds is 3. The fourth-order valence-electron chi connectivity index (χ4n) is 1.79. The van der Waals surface area contributed by atoms with Crippen molar-refractivity contribution in [2.24, 2.45) is 0 Å². The number of aryl methyl sites for hydroxylation is 1. The van der Waals surface area contributed by atoms with Gasteiger partial charge in [0.2, 0.25) is 0 Å². The second kappa shape index (κ2) is 5.14. The minimum absolute atomic E-state index is 0.162. The number of halogens is 1. The number of para-hydroxylation sites is 1. The van der Waals surface area contributed by atoms with Gasteiger partial charge in [-0.05, 0) is 18.6 Å². The summed E-state index contributed by atoms with van der Waals surface area (Å²) in [6, 6.07) is 7.84. The largest absolute Gasteiger partial charge is 0.328 e. The third-order valence-electron chi connectivity index (χ3n) is 2.73. The van der Waals surface area contributed by atoms with Gasteiger partial charge >= 0.3 is 0 Å². The molecule has 5 heteroatoms. The maximum Gasteiger partial charge on any atom is 0.156 e. The van der Waals surface area contributed by atoms with E-state index in [0.717, 1.165) is 11.3 Å². The van der Waals surface area contributed by atoms with Crippen molar-refractivity contribution in [3.05, 3.63) is 46.9 Å². The van der Waals surface area contributed by atoms with Gasteiger partial charge < -0.3 is 4.90 Å². The van der Waals surface area contributed by atoms with Crippen LogP contribution < -0.4 is 4.90 Å². The molecule has 0 aliphatic carbocycles. The summed E-state index contributed by atoms with van der Waals surface area (Å²) >= 11 is 5.89. The number of aldehydes is 1. The Labute approximate surface area is 110 Å². The van der Waals surface area contributed by atoms with Crippen molar-refractivity contribution in [3.8, 4) is 0 Å². The first kappa shape index (κ1) is 12.5. The van der Waals surface area contributed by atoms with Crippen LogP contribution in [-0.2, 0) is 0 Å². The minimum atomic E-state index is 0.162. The third kappa shape index (κ3) is 2.19. The van der Waals surface area contributed by atoms with Gasteiger partial charge in [0.15, 0.2) is 6.29 Å². The summed E-state index contributed by atoms with van der Waals surface area (Å²) in [6.45, 7) is 2.00. The van der Waals surface area contributed by atoms with Gasteiger partial charge in [0, 0.05) is 12.7 Å². The van der Waals surface area contributed by atoms with Crippen LogP contribution in [0.2, 0.25) is 5.15 Å². The molecule has 0 fully saturated rings. The molecule has 0 N–H and O–H groups in total. The molecule has 0 saturated heterocycles. The molecule has 2 aromatic rings. The third-order valence-corrected chi connectivity index (χ3v) is 3.03. The van der Waals surface area contributed by atoms with E-state index in [0.29, 0.717) is 17.7 Å². The Morgan fingerprint density at radius 2 is 2.00 bits per heavy atom.